The third-order valence-corrected chi connectivity index (χ3v) is 14.7. The van der Waals surface area contributed by atoms with E-state index in [1.807, 2.05) is 48.9 Å². The van der Waals surface area contributed by atoms with Crippen molar-refractivity contribution in [1.29, 1.82) is 0 Å². The highest BCUT2D eigenvalue weighted by molar-refractivity contribution is 5.97. The fraction of sp³-hybridized carbons (Fsp3) is 0. The monoisotopic (exact) mass is 993 g/mol. The van der Waals surface area contributed by atoms with Crippen LogP contribution in [0.5, 0.6) is 0 Å². The minimum atomic E-state index is 0.920. The number of aromatic nitrogens is 3. The second-order valence-electron chi connectivity index (χ2n) is 19.5. The van der Waals surface area contributed by atoms with Gasteiger partial charge in [-0.1, -0.05) is 237 Å². The first-order chi connectivity index (χ1) is 38.7. The van der Waals surface area contributed by atoms with Crippen molar-refractivity contribution in [1.82, 2.24) is 15.0 Å². The van der Waals surface area contributed by atoms with Gasteiger partial charge in [0.1, 0.15) is 0 Å². The SMILES string of the molecule is c1ccc(-c2ccc(-c3cc(-c4ccc(-c5ccccc5)cn4)ccc3-c3ccccc3-c3cc(-c4ccccc4-c4ccc(-c5ccccn5)cc4)cc(-c4ccccc4-c4ccc(-c5ccccn5)cc4)c3)cc2)cc1. The molecule has 0 saturated carbocycles. The summed E-state index contributed by atoms with van der Waals surface area (Å²) in [6.45, 7) is 0. The highest BCUT2D eigenvalue weighted by Crippen LogP contribution is 2.45. The van der Waals surface area contributed by atoms with Crippen molar-refractivity contribution in [2.75, 3.05) is 0 Å². The van der Waals surface area contributed by atoms with Gasteiger partial charge in [-0.15, -0.1) is 0 Å². The summed E-state index contributed by atoms with van der Waals surface area (Å²) in [7, 11) is 0. The lowest BCUT2D eigenvalue weighted by Crippen LogP contribution is -1.94. The number of nitrogens with zero attached hydrogens (tertiary/aromatic N) is 3. The molecule has 0 aliphatic carbocycles. The lowest BCUT2D eigenvalue weighted by Gasteiger charge is -2.19. The Morgan fingerprint density at radius 2 is 0.474 bits per heavy atom. The molecule has 13 rings (SSSR count). The second kappa shape index (κ2) is 21.5. The molecule has 0 atom stereocenters. The lowest BCUT2D eigenvalue weighted by molar-refractivity contribution is 1.32. The number of benzene rings is 10. The van der Waals surface area contributed by atoms with Crippen LogP contribution in [0.2, 0.25) is 0 Å². The third-order valence-electron chi connectivity index (χ3n) is 14.7. The topological polar surface area (TPSA) is 38.7 Å². The Balaban J connectivity index is 0.974. The Bertz CT molecular complexity index is 4030. The number of pyridine rings is 3. The van der Waals surface area contributed by atoms with Crippen molar-refractivity contribution in [2.24, 2.45) is 0 Å². The van der Waals surface area contributed by atoms with E-state index in [2.05, 4.69) is 271 Å². The van der Waals surface area contributed by atoms with Gasteiger partial charge in [-0.2, -0.15) is 0 Å². The largest absolute Gasteiger partial charge is 0.256 e. The molecule has 0 unspecified atom stereocenters. The molecule has 0 bridgehead atoms. The van der Waals surface area contributed by atoms with Crippen LogP contribution < -0.4 is 0 Å². The summed E-state index contributed by atoms with van der Waals surface area (Å²) in [5.41, 5.74) is 26.6. The first-order valence-electron chi connectivity index (χ1n) is 26.5. The highest BCUT2D eigenvalue weighted by atomic mass is 14.7. The molecule has 0 saturated heterocycles. The highest BCUT2D eigenvalue weighted by Gasteiger charge is 2.19. The van der Waals surface area contributed by atoms with E-state index in [0.717, 1.165) is 123 Å². The van der Waals surface area contributed by atoms with E-state index < -0.39 is 0 Å². The Morgan fingerprint density at radius 3 is 0.923 bits per heavy atom. The summed E-state index contributed by atoms with van der Waals surface area (Å²) in [5, 5.41) is 0. The van der Waals surface area contributed by atoms with Gasteiger partial charge in [0.05, 0.1) is 17.1 Å². The molecule has 0 spiro atoms. The average molecular weight is 994 g/mol. The molecule has 0 fully saturated rings. The van der Waals surface area contributed by atoms with E-state index >= 15 is 0 Å². The molecule has 13 aromatic rings. The van der Waals surface area contributed by atoms with Crippen LogP contribution in [0.4, 0.5) is 0 Å². The van der Waals surface area contributed by atoms with Crippen molar-refractivity contribution in [3.8, 4) is 134 Å². The maximum atomic E-state index is 5.05. The normalized spacial score (nSPS) is 11.1. The predicted octanol–water partition coefficient (Wildman–Crippen LogP) is 19.9. The molecular weight excluding hydrogens is 943 g/mol. The van der Waals surface area contributed by atoms with Gasteiger partial charge in [0.25, 0.3) is 0 Å². The van der Waals surface area contributed by atoms with Crippen LogP contribution in [-0.2, 0) is 0 Å². The molecule has 0 aliphatic heterocycles. The van der Waals surface area contributed by atoms with E-state index in [4.69, 9.17) is 4.98 Å². The third kappa shape index (κ3) is 9.76. The molecule has 0 amide bonds. The lowest BCUT2D eigenvalue weighted by atomic mass is 9.84. The van der Waals surface area contributed by atoms with Crippen LogP contribution in [0.25, 0.3) is 134 Å². The van der Waals surface area contributed by atoms with Crippen LogP contribution in [0.1, 0.15) is 0 Å². The van der Waals surface area contributed by atoms with Gasteiger partial charge in [0.2, 0.25) is 0 Å². The molecule has 0 N–H and O–H groups in total. The summed E-state index contributed by atoms with van der Waals surface area (Å²) in [6.07, 6.45) is 5.68. The molecule has 3 aromatic heterocycles. The summed E-state index contributed by atoms with van der Waals surface area (Å²) >= 11 is 0. The Morgan fingerprint density at radius 1 is 0.154 bits per heavy atom. The quantitative estimate of drug-likeness (QED) is 0.122. The van der Waals surface area contributed by atoms with E-state index in [0.29, 0.717) is 0 Å². The van der Waals surface area contributed by atoms with Gasteiger partial charge in [0.15, 0.2) is 0 Å². The number of rotatable bonds is 12. The summed E-state index contributed by atoms with van der Waals surface area (Å²) in [6, 6.07) is 104. The molecule has 3 heteroatoms. The first-order valence-corrected chi connectivity index (χ1v) is 26.5. The van der Waals surface area contributed by atoms with Crippen LogP contribution in [0, 0.1) is 0 Å². The van der Waals surface area contributed by atoms with Gasteiger partial charge in [0, 0.05) is 40.8 Å². The van der Waals surface area contributed by atoms with Gasteiger partial charge in [-0.05, 0) is 149 Å². The molecule has 0 aliphatic rings. The zero-order valence-corrected chi connectivity index (χ0v) is 42.8. The van der Waals surface area contributed by atoms with E-state index in [9.17, 15) is 0 Å². The minimum absolute atomic E-state index is 0.920. The predicted molar refractivity (Wildman–Crippen MR) is 325 cm³/mol. The molecule has 366 valence electrons. The number of hydrogen-bond donors (Lipinski definition) is 0. The minimum Gasteiger partial charge on any atom is -0.256 e. The fourth-order valence-corrected chi connectivity index (χ4v) is 10.8. The Kier molecular flexibility index (Phi) is 13.0. The maximum absolute atomic E-state index is 5.05. The Labute approximate surface area is 456 Å². The van der Waals surface area contributed by atoms with E-state index in [-0.39, 0.29) is 0 Å². The van der Waals surface area contributed by atoms with Crippen molar-refractivity contribution >= 4 is 0 Å². The fourth-order valence-electron chi connectivity index (χ4n) is 10.8. The smallest absolute Gasteiger partial charge is 0.0702 e. The molecule has 0 radical (unpaired) electrons. The zero-order chi connectivity index (χ0) is 52.0. The molecule has 10 aromatic carbocycles. The van der Waals surface area contributed by atoms with Crippen molar-refractivity contribution < 1.29 is 0 Å². The van der Waals surface area contributed by atoms with E-state index in [1.54, 1.807) is 0 Å². The van der Waals surface area contributed by atoms with Crippen LogP contribution >= 0.6 is 0 Å². The van der Waals surface area contributed by atoms with Crippen molar-refractivity contribution in [3.05, 3.63) is 310 Å². The summed E-state index contributed by atoms with van der Waals surface area (Å²) < 4.78 is 0. The average Bonchev–Trinajstić information content (AvgIpc) is 3.63. The standard InChI is InChI=1S/C75H51N3/c1-3-17-52(18-4-1)54-29-31-57(32-30-54)72-50-60(75-44-42-61(51-78-75)53-19-5-2-6-20-53)41-43-71(72)70-26-12-11-25-69(70)64-48-62(67-23-9-7-21-65(67)55-33-37-58(38-34-55)73-27-13-15-45-76-73)47-63(49-64)68-24-10-8-22-66(68)56-35-39-59(40-36-56)74-28-14-16-46-77-74/h1-51H. The molecule has 3 heterocycles. The number of hydrogen-bond acceptors (Lipinski definition) is 3. The van der Waals surface area contributed by atoms with Crippen LogP contribution in [0.3, 0.4) is 0 Å². The first kappa shape index (κ1) is 47.4. The van der Waals surface area contributed by atoms with Crippen molar-refractivity contribution in [2.45, 2.75) is 0 Å². The van der Waals surface area contributed by atoms with Gasteiger partial charge in [-0.3, -0.25) is 15.0 Å². The second-order valence-corrected chi connectivity index (χ2v) is 19.5. The maximum Gasteiger partial charge on any atom is 0.0702 e. The van der Waals surface area contributed by atoms with Crippen LogP contribution in [-0.4, -0.2) is 15.0 Å². The van der Waals surface area contributed by atoms with Crippen LogP contribution in [0.15, 0.2) is 310 Å². The Hall–Kier alpha value is -10.4. The van der Waals surface area contributed by atoms with E-state index in [1.165, 1.54) is 11.1 Å². The summed E-state index contributed by atoms with van der Waals surface area (Å²) in [5.74, 6) is 0. The van der Waals surface area contributed by atoms with Gasteiger partial charge < -0.3 is 0 Å². The van der Waals surface area contributed by atoms with Crippen molar-refractivity contribution in [3.63, 3.8) is 0 Å². The molecule has 78 heavy (non-hydrogen) atoms. The molecule has 3 nitrogen and oxygen atoms in total. The van der Waals surface area contributed by atoms with Gasteiger partial charge in [-0.25, -0.2) is 0 Å². The van der Waals surface area contributed by atoms with Gasteiger partial charge >= 0.3 is 0 Å². The summed E-state index contributed by atoms with van der Waals surface area (Å²) in [4.78, 5) is 14.3. The zero-order valence-electron chi connectivity index (χ0n) is 42.8. The molecular formula is C75H51N3.